The number of carbonyl (C=O) groups excluding carboxylic acids is 1. The highest BCUT2D eigenvalue weighted by atomic mass is 35.5. The third-order valence-electron chi connectivity index (χ3n) is 3.93. The first-order chi connectivity index (χ1) is 10.7. The standard InChI is InChI=1S/C18H18ClNO2/c1-2-20(16-6-4-3-5-7-16)18(21)14-10-13-11-15(19)8-9-17(13)22-12-14/h3-9,11,14H,2,10,12H2,1H3. The Bertz CT molecular complexity index is 672. The molecule has 22 heavy (non-hydrogen) atoms. The topological polar surface area (TPSA) is 29.5 Å². The van der Waals surface area contributed by atoms with E-state index in [1.54, 1.807) is 0 Å². The Labute approximate surface area is 135 Å². The van der Waals surface area contributed by atoms with Crippen LogP contribution in [0.3, 0.4) is 0 Å². The minimum atomic E-state index is -0.175. The average Bonchev–Trinajstić information content (AvgIpc) is 2.55. The molecular weight excluding hydrogens is 298 g/mol. The second-order valence-corrected chi connectivity index (χ2v) is 5.82. The third kappa shape index (κ3) is 2.95. The van der Waals surface area contributed by atoms with Crippen molar-refractivity contribution in [3.63, 3.8) is 0 Å². The molecule has 2 aromatic rings. The molecule has 1 amide bonds. The Hall–Kier alpha value is -2.00. The van der Waals surface area contributed by atoms with Gasteiger partial charge in [-0.25, -0.2) is 0 Å². The van der Waals surface area contributed by atoms with E-state index in [0.29, 0.717) is 24.6 Å². The van der Waals surface area contributed by atoms with E-state index in [0.717, 1.165) is 17.0 Å². The normalized spacial score (nSPS) is 16.5. The number of anilines is 1. The van der Waals surface area contributed by atoms with Gasteiger partial charge >= 0.3 is 0 Å². The maximum absolute atomic E-state index is 12.8. The highest BCUT2D eigenvalue weighted by molar-refractivity contribution is 6.30. The number of carbonyl (C=O) groups is 1. The van der Waals surface area contributed by atoms with Crippen LogP contribution in [0.5, 0.6) is 5.75 Å². The molecular formula is C18H18ClNO2. The number of amides is 1. The molecule has 0 aromatic heterocycles. The molecule has 0 aliphatic carbocycles. The van der Waals surface area contributed by atoms with Gasteiger partial charge in [0.05, 0.1) is 5.92 Å². The van der Waals surface area contributed by atoms with E-state index in [2.05, 4.69) is 0 Å². The summed E-state index contributed by atoms with van der Waals surface area (Å²) < 4.78 is 5.74. The zero-order chi connectivity index (χ0) is 15.5. The first kappa shape index (κ1) is 14.9. The maximum Gasteiger partial charge on any atom is 0.233 e. The molecule has 1 aliphatic heterocycles. The fourth-order valence-electron chi connectivity index (χ4n) is 2.82. The van der Waals surface area contributed by atoms with Gasteiger partial charge in [0, 0.05) is 17.3 Å². The van der Waals surface area contributed by atoms with Crippen LogP contribution in [0, 0.1) is 5.92 Å². The van der Waals surface area contributed by atoms with Gasteiger partial charge in [-0.15, -0.1) is 0 Å². The Morgan fingerprint density at radius 1 is 1.27 bits per heavy atom. The van der Waals surface area contributed by atoms with Crippen LogP contribution >= 0.6 is 11.6 Å². The van der Waals surface area contributed by atoms with E-state index < -0.39 is 0 Å². The smallest absolute Gasteiger partial charge is 0.233 e. The predicted molar refractivity (Wildman–Crippen MR) is 88.6 cm³/mol. The number of benzene rings is 2. The summed E-state index contributed by atoms with van der Waals surface area (Å²) in [5, 5.41) is 0.672. The van der Waals surface area contributed by atoms with E-state index in [-0.39, 0.29) is 11.8 Å². The quantitative estimate of drug-likeness (QED) is 0.858. The summed E-state index contributed by atoms with van der Waals surface area (Å²) >= 11 is 6.04. The van der Waals surface area contributed by atoms with Gasteiger partial charge in [0.1, 0.15) is 12.4 Å². The molecule has 0 spiro atoms. The zero-order valence-corrected chi connectivity index (χ0v) is 13.2. The van der Waals surface area contributed by atoms with Gasteiger partial charge in [-0.05, 0) is 49.2 Å². The lowest BCUT2D eigenvalue weighted by Crippen LogP contribution is -2.40. The van der Waals surface area contributed by atoms with Crippen LogP contribution in [-0.2, 0) is 11.2 Å². The summed E-state index contributed by atoms with van der Waals surface area (Å²) in [6.45, 7) is 3.04. The van der Waals surface area contributed by atoms with Crippen molar-refractivity contribution in [2.45, 2.75) is 13.3 Å². The summed E-state index contributed by atoms with van der Waals surface area (Å²) in [4.78, 5) is 14.6. The van der Waals surface area contributed by atoms with Crippen LogP contribution in [0.25, 0.3) is 0 Å². The number of hydrogen-bond donors (Lipinski definition) is 0. The maximum atomic E-state index is 12.8. The minimum Gasteiger partial charge on any atom is -0.492 e. The summed E-state index contributed by atoms with van der Waals surface area (Å²) in [6, 6.07) is 15.3. The van der Waals surface area contributed by atoms with Crippen molar-refractivity contribution in [2.75, 3.05) is 18.1 Å². The van der Waals surface area contributed by atoms with E-state index in [9.17, 15) is 4.79 Å². The Kier molecular flexibility index (Phi) is 4.34. The molecule has 2 aromatic carbocycles. The van der Waals surface area contributed by atoms with Crippen LogP contribution in [0.4, 0.5) is 5.69 Å². The van der Waals surface area contributed by atoms with Gasteiger partial charge in [-0.2, -0.15) is 0 Å². The van der Waals surface area contributed by atoms with Crippen LogP contribution in [0.2, 0.25) is 5.02 Å². The van der Waals surface area contributed by atoms with Crippen molar-refractivity contribution in [2.24, 2.45) is 5.92 Å². The van der Waals surface area contributed by atoms with Crippen molar-refractivity contribution in [1.29, 1.82) is 0 Å². The number of rotatable bonds is 3. The Morgan fingerprint density at radius 3 is 2.77 bits per heavy atom. The number of nitrogens with zero attached hydrogens (tertiary/aromatic N) is 1. The molecule has 0 fully saturated rings. The molecule has 0 radical (unpaired) electrons. The van der Waals surface area contributed by atoms with Crippen LogP contribution in [-0.4, -0.2) is 19.1 Å². The summed E-state index contributed by atoms with van der Waals surface area (Å²) in [7, 11) is 0. The van der Waals surface area contributed by atoms with Gasteiger partial charge in [-0.1, -0.05) is 29.8 Å². The summed E-state index contributed by atoms with van der Waals surface area (Å²) in [6.07, 6.45) is 0.665. The van der Waals surface area contributed by atoms with Crippen LogP contribution in [0.1, 0.15) is 12.5 Å². The molecule has 0 N–H and O–H groups in total. The first-order valence-corrected chi connectivity index (χ1v) is 7.84. The second-order valence-electron chi connectivity index (χ2n) is 5.38. The third-order valence-corrected chi connectivity index (χ3v) is 4.16. The molecule has 0 bridgehead atoms. The summed E-state index contributed by atoms with van der Waals surface area (Å²) in [5.41, 5.74) is 1.92. The van der Waals surface area contributed by atoms with Gasteiger partial charge in [-0.3, -0.25) is 4.79 Å². The van der Waals surface area contributed by atoms with E-state index in [4.69, 9.17) is 16.3 Å². The highest BCUT2D eigenvalue weighted by Crippen LogP contribution is 2.31. The fourth-order valence-corrected chi connectivity index (χ4v) is 3.01. The summed E-state index contributed by atoms with van der Waals surface area (Å²) in [5.74, 6) is 0.752. The molecule has 114 valence electrons. The lowest BCUT2D eigenvalue weighted by molar-refractivity contribution is -0.123. The monoisotopic (exact) mass is 315 g/mol. The second kappa shape index (κ2) is 6.41. The van der Waals surface area contributed by atoms with Gasteiger partial charge in [0.2, 0.25) is 5.91 Å². The lowest BCUT2D eigenvalue weighted by Gasteiger charge is -2.30. The van der Waals surface area contributed by atoms with Crippen molar-refractivity contribution in [1.82, 2.24) is 0 Å². The molecule has 3 nitrogen and oxygen atoms in total. The van der Waals surface area contributed by atoms with Gasteiger partial charge in [0.15, 0.2) is 0 Å². The molecule has 1 aliphatic rings. The molecule has 0 saturated carbocycles. The number of ether oxygens (including phenoxy) is 1. The van der Waals surface area contributed by atoms with E-state index >= 15 is 0 Å². The largest absolute Gasteiger partial charge is 0.492 e. The lowest BCUT2D eigenvalue weighted by atomic mass is 9.95. The van der Waals surface area contributed by atoms with Crippen LogP contribution < -0.4 is 9.64 Å². The zero-order valence-electron chi connectivity index (χ0n) is 12.5. The van der Waals surface area contributed by atoms with Gasteiger partial charge < -0.3 is 9.64 Å². The molecule has 4 heteroatoms. The Balaban J connectivity index is 1.81. The Morgan fingerprint density at radius 2 is 2.05 bits per heavy atom. The number of para-hydroxylation sites is 1. The van der Waals surface area contributed by atoms with Crippen molar-refractivity contribution in [3.8, 4) is 5.75 Å². The number of halogens is 1. The van der Waals surface area contributed by atoms with E-state index in [1.807, 2.05) is 60.4 Å². The highest BCUT2D eigenvalue weighted by Gasteiger charge is 2.29. The van der Waals surface area contributed by atoms with Crippen molar-refractivity contribution < 1.29 is 9.53 Å². The molecule has 1 unspecified atom stereocenters. The SMILES string of the molecule is CCN(C(=O)C1COc2ccc(Cl)cc2C1)c1ccccc1. The fraction of sp³-hybridized carbons (Fsp3) is 0.278. The number of fused-ring (bicyclic) bond motifs is 1. The molecule has 3 rings (SSSR count). The van der Waals surface area contributed by atoms with E-state index in [1.165, 1.54) is 0 Å². The molecule has 1 heterocycles. The molecule has 0 saturated heterocycles. The average molecular weight is 316 g/mol. The predicted octanol–water partition coefficient (Wildman–Crippen LogP) is 3.94. The van der Waals surface area contributed by atoms with Crippen molar-refractivity contribution >= 4 is 23.2 Å². The van der Waals surface area contributed by atoms with Crippen molar-refractivity contribution in [3.05, 3.63) is 59.1 Å². The first-order valence-electron chi connectivity index (χ1n) is 7.46. The van der Waals surface area contributed by atoms with Crippen LogP contribution in [0.15, 0.2) is 48.5 Å². The minimum absolute atomic E-state index is 0.0966. The molecule has 1 atom stereocenters. The van der Waals surface area contributed by atoms with Gasteiger partial charge in [0.25, 0.3) is 0 Å². The number of hydrogen-bond acceptors (Lipinski definition) is 2.